The zero-order chi connectivity index (χ0) is 21.2. The molecular formula is C23H22N4O3S. The standard InChI is InChI=1S/C23H22N4O3S/c1-15-25-19-12-16(8-9-22(19)31-15)29-14-17-13-20(26-30-17)23(28)27-11-5-3-7-21(27)18-6-2-4-10-24-18/h2,4,6,8-10,12-13,21H,3,5,7,11,14H2,1H3. The monoisotopic (exact) mass is 434 g/mol. The zero-order valence-electron chi connectivity index (χ0n) is 17.2. The second-order valence-corrected chi connectivity index (χ2v) is 8.83. The molecule has 0 N–H and O–H groups in total. The summed E-state index contributed by atoms with van der Waals surface area (Å²) in [5, 5.41) is 5.03. The molecule has 0 aliphatic carbocycles. The number of hydrogen-bond acceptors (Lipinski definition) is 7. The van der Waals surface area contributed by atoms with Crippen molar-refractivity contribution in [2.45, 2.75) is 38.8 Å². The summed E-state index contributed by atoms with van der Waals surface area (Å²) in [6, 6.07) is 13.3. The number of hydrogen-bond donors (Lipinski definition) is 0. The van der Waals surface area contributed by atoms with Crippen molar-refractivity contribution in [1.29, 1.82) is 0 Å². The van der Waals surface area contributed by atoms with Crippen LogP contribution in [0.5, 0.6) is 5.75 Å². The molecule has 0 bridgehead atoms. The fourth-order valence-corrected chi connectivity index (χ4v) is 4.76. The Morgan fingerprint density at radius 1 is 1.26 bits per heavy atom. The fraction of sp³-hybridized carbons (Fsp3) is 0.304. The van der Waals surface area contributed by atoms with Gasteiger partial charge in [0, 0.05) is 24.9 Å². The molecule has 158 valence electrons. The summed E-state index contributed by atoms with van der Waals surface area (Å²) >= 11 is 1.65. The molecule has 0 radical (unpaired) electrons. The second-order valence-electron chi connectivity index (χ2n) is 7.59. The number of carbonyl (C=O) groups is 1. The van der Waals surface area contributed by atoms with E-state index in [1.807, 2.05) is 48.2 Å². The van der Waals surface area contributed by atoms with Gasteiger partial charge in [-0.1, -0.05) is 11.2 Å². The van der Waals surface area contributed by atoms with E-state index in [2.05, 4.69) is 15.1 Å². The lowest BCUT2D eigenvalue weighted by Crippen LogP contribution is -2.39. The first kappa shape index (κ1) is 19.7. The van der Waals surface area contributed by atoms with Gasteiger partial charge in [-0.2, -0.15) is 0 Å². The van der Waals surface area contributed by atoms with Crippen molar-refractivity contribution in [3.8, 4) is 5.75 Å². The Morgan fingerprint density at radius 2 is 2.19 bits per heavy atom. The Labute approximate surface area is 183 Å². The molecule has 4 aromatic rings. The fourth-order valence-electron chi connectivity index (χ4n) is 3.95. The minimum absolute atomic E-state index is 0.0351. The molecule has 1 atom stereocenters. The maximum absolute atomic E-state index is 13.1. The summed E-state index contributed by atoms with van der Waals surface area (Å²) < 4.78 is 12.3. The summed E-state index contributed by atoms with van der Waals surface area (Å²) in [7, 11) is 0. The van der Waals surface area contributed by atoms with Crippen LogP contribution in [-0.2, 0) is 6.61 Å². The molecule has 1 saturated heterocycles. The van der Waals surface area contributed by atoms with Crippen LogP contribution in [0.1, 0.15) is 52.3 Å². The molecule has 1 amide bonds. The third-order valence-electron chi connectivity index (χ3n) is 5.42. The number of ether oxygens (including phenoxy) is 1. The molecule has 0 saturated carbocycles. The van der Waals surface area contributed by atoms with E-state index in [4.69, 9.17) is 9.26 Å². The van der Waals surface area contributed by atoms with E-state index in [-0.39, 0.29) is 18.6 Å². The Bertz CT molecular complexity index is 1200. The maximum Gasteiger partial charge on any atom is 0.276 e. The molecule has 1 aliphatic rings. The molecule has 1 aromatic carbocycles. The second kappa shape index (κ2) is 8.47. The van der Waals surface area contributed by atoms with Crippen molar-refractivity contribution in [3.05, 3.63) is 70.8 Å². The number of aromatic nitrogens is 3. The highest BCUT2D eigenvalue weighted by Gasteiger charge is 2.31. The predicted molar refractivity (Wildman–Crippen MR) is 117 cm³/mol. The average Bonchev–Trinajstić information content (AvgIpc) is 3.43. The van der Waals surface area contributed by atoms with E-state index >= 15 is 0 Å². The Kier molecular flexibility index (Phi) is 5.38. The number of amides is 1. The highest BCUT2D eigenvalue weighted by Crippen LogP contribution is 2.31. The number of carbonyl (C=O) groups excluding carboxylic acids is 1. The van der Waals surface area contributed by atoms with Gasteiger partial charge in [0.1, 0.15) is 12.4 Å². The van der Waals surface area contributed by atoms with Crippen molar-refractivity contribution in [3.63, 3.8) is 0 Å². The quantitative estimate of drug-likeness (QED) is 0.443. The summed E-state index contributed by atoms with van der Waals surface area (Å²) in [5.74, 6) is 1.07. The summed E-state index contributed by atoms with van der Waals surface area (Å²) in [5.41, 5.74) is 2.13. The summed E-state index contributed by atoms with van der Waals surface area (Å²) in [6.45, 7) is 2.86. The Morgan fingerprint density at radius 3 is 3.06 bits per heavy atom. The van der Waals surface area contributed by atoms with Crippen molar-refractivity contribution in [2.75, 3.05) is 6.54 Å². The molecule has 1 aliphatic heterocycles. The molecule has 8 heteroatoms. The van der Waals surface area contributed by atoms with Crippen LogP contribution in [-0.4, -0.2) is 32.5 Å². The van der Waals surface area contributed by atoms with Crippen molar-refractivity contribution >= 4 is 27.5 Å². The van der Waals surface area contributed by atoms with Crippen LogP contribution in [0.4, 0.5) is 0 Å². The number of aryl methyl sites for hydroxylation is 1. The highest BCUT2D eigenvalue weighted by molar-refractivity contribution is 7.18. The van der Waals surface area contributed by atoms with Crippen LogP contribution in [0, 0.1) is 6.92 Å². The third-order valence-corrected chi connectivity index (χ3v) is 6.37. The van der Waals surface area contributed by atoms with E-state index in [0.717, 1.165) is 40.2 Å². The number of pyridine rings is 1. The largest absolute Gasteiger partial charge is 0.485 e. The van der Waals surface area contributed by atoms with Crippen LogP contribution < -0.4 is 4.74 Å². The first-order chi connectivity index (χ1) is 15.2. The third kappa shape index (κ3) is 4.16. The van der Waals surface area contributed by atoms with Crippen LogP contribution in [0.25, 0.3) is 10.2 Å². The minimum atomic E-state index is -0.135. The SMILES string of the molecule is Cc1nc2cc(OCc3cc(C(=O)N4CCCCC4c4ccccn4)no3)ccc2s1. The van der Waals surface area contributed by atoms with Crippen molar-refractivity contribution in [2.24, 2.45) is 0 Å². The van der Waals surface area contributed by atoms with Gasteiger partial charge in [0.2, 0.25) is 0 Å². The first-order valence-corrected chi connectivity index (χ1v) is 11.2. The molecule has 5 rings (SSSR count). The lowest BCUT2D eigenvalue weighted by Gasteiger charge is -2.34. The van der Waals surface area contributed by atoms with Crippen LogP contribution >= 0.6 is 11.3 Å². The predicted octanol–water partition coefficient (Wildman–Crippen LogP) is 4.93. The number of thiazole rings is 1. The van der Waals surface area contributed by atoms with Gasteiger partial charge in [0.25, 0.3) is 5.91 Å². The Balaban J connectivity index is 1.28. The van der Waals surface area contributed by atoms with Gasteiger partial charge in [-0.3, -0.25) is 9.78 Å². The zero-order valence-corrected chi connectivity index (χ0v) is 18.0. The van der Waals surface area contributed by atoms with E-state index < -0.39 is 0 Å². The number of rotatable bonds is 5. The molecule has 31 heavy (non-hydrogen) atoms. The Hall–Kier alpha value is -3.26. The van der Waals surface area contributed by atoms with Crippen molar-refractivity contribution < 1.29 is 14.1 Å². The maximum atomic E-state index is 13.1. The van der Waals surface area contributed by atoms with E-state index in [1.165, 1.54) is 0 Å². The highest BCUT2D eigenvalue weighted by atomic mass is 32.1. The van der Waals surface area contributed by atoms with E-state index in [0.29, 0.717) is 23.7 Å². The first-order valence-electron chi connectivity index (χ1n) is 10.3. The van der Waals surface area contributed by atoms with Crippen LogP contribution in [0.2, 0.25) is 0 Å². The number of nitrogens with zero attached hydrogens (tertiary/aromatic N) is 4. The van der Waals surface area contributed by atoms with Gasteiger partial charge in [-0.25, -0.2) is 4.98 Å². The van der Waals surface area contributed by atoms with Crippen LogP contribution in [0.15, 0.2) is 53.2 Å². The van der Waals surface area contributed by atoms with Gasteiger partial charge in [-0.05, 0) is 50.5 Å². The van der Waals surface area contributed by atoms with Gasteiger partial charge in [-0.15, -0.1) is 11.3 Å². The summed E-state index contributed by atoms with van der Waals surface area (Å²) in [4.78, 5) is 23.9. The number of piperidine rings is 1. The van der Waals surface area contributed by atoms with Crippen molar-refractivity contribution in [1.82, 2.24) is 20.0 Å². The molecule has 3 aromatic heterocycles. The van der Waals surface area contributed by atoms with Gasteiger partial charge >= 0.3 is 0 Å². The molecule has 7 nitrogen and oxygen atoms in total. The number of fused-ring (bicyclic) bond motifs is 1. The molecule has 1 unspecified atom stereocenters. The smallest absolute Gasteiger partial charge is 0.276 e. The topological polar surface area (TPSA) is 81.4 Å². The lowest BCUT2D eigenvalue weighted by atomic mass is 9.98. The van der Waals surface area contributed by atoms with Gasteiger partial charge < -0.3 is 14.2 Å². The van der Waals surface area contributed by atoms with E-state index in [9.17, 15) is 4.79 Å². The number of benzene rings is 1. The van der Waals surface area contributed by atoms with Gasteiger partial charge in [0.15, 0.2) is 11.5 Å². The molecular weight excluding hydrogens is 412 g/mol. The molecule has 0 spiro atoms. The number of likely N-dealkylation sites (tertiary alicyclic amines) is 1. The van der Waals surface area contributed by atoms with Crippen LogP contribution in [0.3, 0.4) is 0 Å². The molecule has 4 heterocycles. The molecule has 1 fully saturated rings. The van der Waals surface area contributed by atoms with E-state index in [1.54, 1.807) is 23.6 Å². The lowest BCUT2D eigenvalue weighted by molar-refractivity contribution is 0.0595. The minimum Gasteiger partial charge on any atom is -0.485 e. The summed E-state index contributed by atoms with van der Waals surface area (Å²) in [6.07, 6.45) is 4.71. The normalized spacial score (nSPS) is 16.5. The average molecular weight is 435 g/mol. The van der Waals surface area contributed by atoms with Gasteiger partial charge in [0.05, 0.1) is 27.0 Å².